The number of carbonyl (C=O) groups excluding carboxylic acids is 1. The molecule has 1 amide bonds. The molecule has 1 unspecified atom stereocenters. The SMILES string of the molecule is CCCOc1ccc(C(=O)NC(C)c2ccccc2OC)cc1. The molecule has 4 heteroatoms. The van der Waals surface area contributed by atoms with Gasteiger partial charge < -0.3 is 14.8 Å². The second kappa shape index (κ2) is 8.22. The first-order valence-electron chi connectivity index (χ1n) is 7.82. The Morgan fingerprint density at radius 2 is 1.83 bits per heavy atom. The highest BCUT2D eigenvalue weighted by Gasteiger charge is 2.14. The lowest BCUT2D eigenvalue weighted by atomic mass is 10.1. The number of hydrogen-bond donors (Lipinski definition) is 1. The fraction of sp³-hybridized carbons (Fsp3) is 0.316. The molecule has 4 nitrogen and oxygen atoms in total. The minimum atomic E-state index is -0.144. The van der Waals surface area contributed by atoms with E-state index < -0.39 is 0 Å². The maximum absolute atomic E-state index is 12.4. The van der Waals surface area contributed by atoms with E-state index in [0.29, 0.717) is 12.2 Å². The van der Waals surface area contributed by atoms with Gasteiger partial charge in [0.25, 0.3) is 5.91 Å². The van der Waals surface area contributed by atoms with Crippen LogP contribution in [-0.4, -0.2) is 19.6 Å². The Labute approximate surface area is 137 Å². The molecule has 0 fully saturated rings. The number of ether oxygens (including phenoxy) is 2. The second-order valence-corrected chi connectivity index (χ2v) is 5.31. The van der Waals surface area contributed by atoms with E-state index in [1.54, 1.807) is 19.2 Å². The zero-order valence-corrected chi connectivity index (χ0v) is 13.8. The molecule has 2 aromatic rings. The van der Waals surface area contributed by atoms with Gasteiger partial charge in [0, 0.05) is 11.1 Å². The van der Waals surface area contributed by atoms with Crippen LogP contribution in [0.25, 0.3) is 0 Å². The van der Waals surface area contributed by atoms with Crippen molar-refractivity contribution in [1.82, 2.24) is 5.32 Å². The smallest absolute Gasteiger partial charge is 0.251 e. The number of carbonyl (C=O) groups is 1. The normalized spacial score (nSPS) is 11.6. The van der Waals surface area contributed by atoms with Crippen molar-refractivity contribution in [1.29, 1.82) is 0 Å². The lowest BCUT2D eigenvalue weighted by Gasteiger charge is -2.17. The van der Waals surface area contributed by atoms with E-state index in [-0.39, 0.29) is 11.9 Å². The predicted octanol–water partition coefficient (Wildman–Crippen LogP) is 3.98. The first kappa shape index (κ1) is 16.9. The van der Waals surface area contributed by atoms with Gasteiger partial charge in [0.1, 0.15) is 11.5 Å². The summed E-state index contributed by atoms with van der Waals surface area (Å²) < 4.78 is 10.9. The van der Waals surface area contributed by atoms with Gasteiger partial charge >= 0.3 is 0 Å². The Balaban J connectivity index is 2.03. The molecule has 1 N–H and O–H groups in total. The summed E-state index contributed by atoms with van der Waals surface area (Å²) >= 11 is 0. The number of nitrogens with one attached hydrogen (secondary N) is 1. The van der Waals surface area contributed by atoms with E-state index in [9.17, 15) is 4.79 Å². The number of rotatable bonds is 7. The minimum absolute atomic E-state index is 0.120. The molecular formula is C19H23NO3. The quantitative estimate of drug-likeness (QED) is 0.841. The summed E-state index contributed by atoms with van der Waals surface area (Å²) in [6.45, 7) is 4.67. The lowest BCUT2D eigenvalue weighted by Crippen LogP contribution is -2.26. The van der Waals surface area contributed by atoms with Gasteiger partial charge in [-0.3, -0.25) is 4.79 Å². The standard InChI is InChI=1S/C19H23NO3/c1-4-13-23-16-11-9-15(10-12-16)19(21)20-14(2)17-7-5-6-8-18(17)22-3/h5-12,14H,4,13H2,1-3H3,(H,20,21). The van der Waals surface area contributed by atoms with Crippen molar-refractivity contribution in [2.24, 2.45) is 0 Å². The average molecular weight is 313 g/mol. The first-order chi connectivity index (χ1) is 11.2. The number of methoxy groups -OCH3 is 1. The molecule has 0 spiro atoms. The summed E-state index contributed by atoms with van der Waals surface area (Å²) in [5.74, 6) is 1.43. The molecule has 2 aromatic carbocycles. The third-order valence-corrected chi connectivity index (χ3v) is 3.54. The van der Waals surface area contributed by atoms with E-state index in [1.807, 2.05) is 43.3 Å². The van der Waals surface area contributed by atoms with Crippen molar-refractivity contribution in [2.75, 3.05) is 13.7 Å². The Morgan fingerprint density at radius 3 is 2.48 bits per heavy atom. The van der Waals surface area contributed by atoms with Crippen molar-refractivity contribution >= 4 is 5.91 Å². The minimum Gasteiger partial charge on any atom is -0.496 e. The van der Waals surface area contributed by atoms with E-state index in [1.165, 1.54) is 0 Å². The van der Waals surface area contributed by atoms with Gasteiger partial charge in [0.2, 0.25) is 0 Å². The van der Waals surface area contributed by atoms with Crippen LogP contribution < -0.4 is 14.8 Å². The van der Waals surface area contributed by atoms with Gasteiger partial charge in [-0.15, -0.1) is 0 Å². The van der Waals surface area contributed by atoms with Gasteiger partial charge in [-0.25, -0.2) is 0 Å². The summed E-state index contributed by atoms with van der Waals surface area (Å²) in [6.07, 6.45) is 0.957. The van der Waals surface area contributed by atoms with Crippen molar-refractivity contribution < 1.29 is 14.3 Å². The molecular weight excluding hydrogens is 290 g/mol. The van der Waals surface area contributed by atoms with Crippen LogP contribution in [0.1, 0.15) is 42.2 Å². The van der Waals surface area contributed by atoms with Crippen LogP contribution >= 0.6 is 0 Å². The van der Waals surface area contributed by atoms with Crippen LogP contribution in [0.5, 0.6) is 11.5 Å². The van der Waals surface area contributed by atoms with Gasteiger partial charge in [-0.05, 0) is 43.7 Å². The number of hydrogen-bond acceptors (Lipinski definition) is 3. The summed E-state index contributed by atoms with van der Waals surface area (Å²) in [7, 11) is 1.63. The monoisotopic (exact) mass is 313 g/mol. The molecule has 0 aliphatic rings. The van der Waals surface area contributed by atoms with Crippen LogP contribution in [0.4, 0.5) is 0 Å². The fourth-order valence-corrected chi connectivity index (χ4v) is 2.30. The van der Waals surface area contributed by atoms with Gasteiger partial charge in [-0.1, -0.05) is 25.1 Å². The summed E-state index contributed by atoms with van der Waals surface area (Å²) in [5.41, 5.74) is 1.56. The van der Waals surface area contributed by atoms with Gasteiger partial charge in [-0.2, -0.15) is 0 Å². The van der Waals surface area contributed by atoms with Crippen molar-refractivity contribution in [3.8, 4) is 11.5 Å². The molecule has 0 radical (unpaired) electrons. The highest BCUT2D eigenvalue weighted by Crippen LogP contribution is 2.24. The van der Waals surface area contributed by atoms with E-state index in [4.69, 9.17) is 9.47 Å². The molecule has 122 valence electrons. The average Bonchev–Trinajstić information content (AvgIpc) is 2.60. The molecule has 0 aromatic heterocycles. The topological polar surface area (TPSA) is 47.6 Å². The van der Waals surface area contributed by atoms with Crippen molar-refractivity contribution in [2.45, 2.75) is 26.3 Å². The molecule has 23 heavy (non-hydrogen) atoms. The van der Waals surface area contributed by atoms with Crippen molar-refractivity contribution in [3.63, 3.8) is 0 Å². The summed E-state index contributed by atoms with van der Waals surface area (Å²) in [4.78, 5) is 12.4. The highest BCUT2D eigenvalue weighted by molar-refractivity contribution is 5.94. The molecule has 1 atom stereocenters. The molecule has 0 aliphatic heterocycles. The third kappa shape index (κ3) is 4.49. The number of amides is 1. The van der Waals surface area contributed by atoms with E-state index in [0.717, 1.165) is 23.5 Å². The molecule has 0 heterocycles. The van der Waals surface area contributed by atoms with Crippen LogP contribution in [0.3, 0.4) is 0 Å². The largest absolute Gasteiger partial charge is 0.496 e. The molecule has 0 aliphatic carbocycles. The van der Waals surface area contributed by atoms with Crippen LogP contribution in [0.2, 0.25) is 0 Å². The van der Waals surface area contributed by atoms with Gasteiger partial charge in [0.15, 0.2) is 0 Å². The number of para-hydroxylation sites is 1. The Bertz CT molecular complexity index is 637. The van der Waals surface area contributed by atoms with Crippen LogP contribution in [0.15, 0.2) is 48.5 Å². The maximum atomic E-state index is 12.4. The maximum Gasteiger partial charge on any atom is 0.251 e. The predicted molar refractivity (Wildman–Crippen MR) is 91.1 cm³/mol. The molecule has 0 bridgehead atoms. The molecule has 2 rings (SSSR count). The third-order valence-electron chi connectivity index (χ3n) is 3.54. The summed E-state index contributed by atoms with van der Waals surface area (Å²) in [5, 5.41) is 2.99. The van der Waals surface area contributed by atoms with Crippen LogP contribution in [0, 0.1) is 0 Å². The van der Waals surface area contributed by atoms with Crippen molar-refractivity contribution in [3.05, 3.63) is 59.7 Å². The summed E-state index contributed by atoms with van der Waals surface area (Å²) in [6, 6.07) is 14.7. The fourth-order valence-electron chi connectivity index (χ4n) is 2.30. The van der Waals surface area contributed by atoms with E-state index >= 15 is 0 Å². The molecule has 0 saturated heterocycles. The Hall–Kier alpha value is -2.49. The number of benzene rings is 2. The van der Waals surface area contributed by atoms with Crippen LogP contribution in [-0.2, 0) is 0 Å². The van der Waals surface area contributed by atoms with Gasteiger partial charge in [0.05, 0.1) is 19.8 Å². The second-order valence-electron chi connectivity index (χ2n) is 5.31. The first-order valence-corrected chi connectivity index (χ1v) is 7.82. The van der Waals surface area contributed by atoms with E-state index in [2.05, 4.69) is 12.2 Å². The zero-order chi connectivity index (χ0) is 16.7. The highest BCUT2D eigenvalue weighted by atomic mass is 16.5. The zero-order valence-electron chi connectivity index (χ0n) is 13.8. The Morgan fingerprint density at radius 1 is 1.13 bits per heavy atom. The molecule has 0 saturated carbocycles. The Kier molecular flexibility index (Phi) is 6.03. The lowest BCUT2D eigenvalue weighted by molar-refractivity contribution is 0.0939.